The highest BCUT2D eigenvalue weighted by Crippen LogP contribution is 2.37. The van der Waals surface area contributed by atoms with Gasteiger partial charge in [-0.1, -0.05) is 46.8 Å². The molecule has 30 heavy (non-hydrogen) atoms. The average Bonchev–Trinajstić information content (AvgIpc) is 2.86. The Morgan fingerprint density at radius 3 is 2.43 bits per heavy atom. The van der Waals surface area contributed by atoms with Gasteiger partial charge in [-0.25, -0.2) is 9.18 Å². The minimum atomic E-state index is -0.992. The molecule has 5 nitrogen and oxygen atoms in total. The zero-order chi connectivity index (χ0) is 22.1. The molecule has 1 N–H and O–H groups in total. The SMILES string of the molecule is CC(C)CN1C(=O)N[C@@](Cc2cccc(F)c2)(C2CCN(CC(C)(C)C)CC2)C1=O. The summed E-state index contributed by atoms with van der Waals surface area (Å²) in [7, 11) is 0. The van der Waals surface area contributed by atoms with Crippen molar-refractivity contribution in [1.82, 2.24) is 15.1 Å². The molecule has 1 aromatic rings. The van der Waals surface area contributed by atoms with Crippen LogP contribution in [-0.2, 0) is 11.2 Å². The number of likely N-dealkylation sites (tertiary alicyclic amines) is 1. The molecule has 0 radical (unpaired) electrons. The lowest BCUT2D eigenvalue weighted by atomic mass is 9.73. The van der Waals surface area contributed by atoms with E-state index in [0.29, 0.717) is 13.0 Å². The second kappa shape index (κ2) is 8.66. The maximum absolute atomic E-state index is 13.9. The highest BCUT2D eigenvalue weighted by Gasteiger charge is 2.55. The van der Waals surface area contributed by atoms with Gasteiger partial charge in [-0.05, 0) is 60.9 Å². The van der Waals surface area contributed by atoms with E-state index in [2.05, 4.69) is 31.0 Å². The Hall–Kier alpha value is -1.95. The van der Waals surface area contributed by atoms with Crippen LogP contribution in [0.25, 0.3) is 0 Å². The lowest BCUT2D eigenvalue weighted by Crippen LogP contribution is -2.58. The lowest BCUT2D eigenvalue weighted by Gasteiger charge is -2.42. The zero-order valence-electron chi connectivity index (χ0n) is 19.0. The topological polar surface area (TPSA) is 52.7 Å². The van der Waals surface area contributed by atoms with E-state index in [1.807, 2.05) is 19.9 Å². The fourth-order valence-electron chi connectivity index (χ4n) is 4.94. The van der Waals surface area contributed by atoms with Gasteiger partial charge in [0.2, 0.25) is 0 Å². The van der Waals surface area contributed by atoms with Gasteiger partial charge in [0.1, 0.15) is 11.4 Å². The summed E-state index contributed by atoms with van der Waals surface area (Å²) in [6, 6.07) is 6.06. The molecule has 0 bridgehead atoms. The molecule has 3 amide bonds. The Kier molecular flexibility index (Phi) is 6.56. The number of imide groups is 1. The van der Waals surface area contributed by atoms with Crippen LogP contribution in [0, 0.1) is 23.1 Å². The summed E-state index contributed by atoms with van der Waals surface area (Å²) in [6.07, 6.45) is 2.01. The van der Waals surface area contributed by atoms with Crippen molar-refractivity contribution in [3.05, 3.63) is 35.6 Å². The molecule has 2 aliphatic rings. The zero-order valence-corrected chi connectivity index (χ0v) is 19.0. The van der Waals surface area contributed by atoms with Crippen LogP contribution in [0.1, 0.15) is 53.0 Å². The molecule has 2 heterocycles. The minimum Gasteiger partial charge on any atom is -0.322 e. The third-order valence-electron chi connectivity index (χ3n) is 6.10. The van der Waals surface area contributed by atoms with E-state index in [9.17, 15) is 14.0 Å². The van der Waals surface area contributed by atoms with Crippen molar-refractivity contribution in [1.29, 1.82) is 0 Å². The van der Waals surface area contributed by atoms with Crippen LogP contribution < -0.4 is 5.32 Å². The van der Waals surface area contributed by atoms with E-state index in [1.54, 1.807) is 6.07 Å². The fourth-order valence-corrected chi connectivity index (χ4v) is 4.94. The van der Waals surface area contributed by atoms with Crippen LogP contribution in [0.4, 0.5) is 9.18 Å². The molecule has 6 heteroatoms. The van der Waals surface area contributed by atoms with E-state index in [4.69, 9.17) is 0 Å². The summed E-state index contributed by atoms with van der Waals surface area (Å²) >= 11 is 0. The van der Waals surface area contributed by atoms with E-state index in [0.717, 1.165) is 38.0 Å². The molecule has 2 aliphatic heterocycles. The number of amides is 3. The normalized spacial score (nSPS) is 24.0. The molecule has 1 atom stereocenters. The Bertz CT molecular complexity index is 781. The fraction of sp³-hybridized carbons (Fsp3) is 0.667. The van der Waals surface area contributed by atoms with Gasteiger partial charge >= 0.3 is 6.03 Å². The molecule has 2 fully saturated rings. The van der Waals surface area contributed by atoms with Crippen LogP contribution in [0.15, 0.2) is 24.3 Å². The third kappa shape index (κ3) is 5.02. The number of hydrogen-bond donors (Lipinski definition) is 1. The Morgan fingerprint density at radius 2 is 1.87 bits per heavy atom. The number of carbonyl (C=O) groups excluding carboxylic acids is 2. The van der Waals surface area contributed by atoms with E-state index in [1.165, 1.54) is 17.0 Å². The van der Waals surface area contributed by atoms with E-state index >= 15 is 0 Å². The van der Waals surface area contributed by atoms with Crippen LogP contribution >= 0.6 is 0 Å². The third-order valence-corrected chi connectivity index (χ3v) is 6.10. The van der Waals surface area contributed by atoms with Crippen LogP contribution in [0.2, 0.25) is 0 Å². The van der Waals surface area contributed by atoms with Gasteiger partial charge in [-0.2, -0.15) is 0 Å². The van der Waals surface area contributed by atoms with Crippen molar-refractivity contribution in [3.8, 4) is 0 Å². The van der Waals surface area contributed by atoms with Crippen molar-refractivity contribution >= 4 is 11.9 Å². The van der Waals surface area contributed by atoms with Gasteiger partial charge in [0.15, 0.2) is 0 Å². The van der Waals surface area contributed by atoms with Gasteiger partial charge in [0, 0.05) is 19.5 Å². The van der Waals surface area contributed by atoms with Gasteiger partial charge in [0.05, 0.1) is 0 Å². The number of benzene rings is 1. The smallest absolute Gasteiger partial charge is 0.322 e. The highest BCUT2D eigenvalue weighted by atomic mass is 19.1. The monoisotopic (exact) mass is 417 g/mol. The molecular weight excluding hydrogens is 381 g/mol. The molecule has 0 aliphatic carbocycles. The van der Waals surface area contributed by atoms with Crippen molar-refractivity contribution in [2.24, 2.45) is 17.3 Å². The van der Waals surface area contributed by atoms with Crippen molar-refractivity contribution in [2.45, 2.75) is 59.4 Å². The first-order valence-corrected chi connectivity index (χ1v) is 11.1. The van der Waals surface area contributed by atoms with Crippen LogP contribution in [0.3, 0.4) is 0 Å². The molecule has 166 valence electrons. The number of piperidine rings is 1. The van der Waals surface area contributed by atoms with Crippen molar-refractivity contribution in [3.63, 3.8) is 0 Å². The average molecular weight is 418 g/mol. The number of hydrogen-bond acceptors (Lipinski definition) is 3. The van der Waals surface area contributed by atoms with Gasteiger partial charge in [-0.3, -0.25) is 9.69 Å². The van der Waals surface area contributed by atoms with Crippen LogP contribution in [0.5, 0.6) is 0 Å². The summed E-state index contributed by atoms with van der Waals surface area (Å²) < 4.78 is 13.9. The first kappa shape index (κ1) is 22.7. The van der Waals surface area contributed by atoms with E-state index in [-0.39, 0.29) is 35.0 Å². The van der Waals surface area contributed by atoms with Gasteiger partial charge in [0.25, 0.3) is 5.91 Å². The highest BCUT2D eigenvalue weighted by molar-refractivity contribution is 6.07. The second-order valence-corrected chi connectivity index (χ2v) is 10.6. The maximum Gasteiger partial charge on any atom is 0.325 e. The maximum atomic E-state index is 13.9. The molecule has 0 aromatic heterocycles. The Balaban J connectivity index is 1.86. The Morgan fingerprint density at radius 1 is 1.20 bits per heavy atom. The first-order valence-electron chi connectivity index (χ1n) is 11.1. The van der Waals surface area contributed by atoms with Crippen molar-refractivity contribution in [2.75, 3.05) is 26.2 Å². The number of nitrogens with one attached hydrogen (secondary N) is 1. The number of halogens is 1. The van der Waals surface area contributed by atoms with Crippen molar-refractivity contribution < 1.29 is 14.0 Å². The summed E-state index contributed by atoms with van der Waals surface area (Å²) in [5, 5.41) is 3.07. The molecule has 0 saturated carbocycles. The number of nitrogens with zero attached hydrogens (tertiary/aromatic N) is 2. The molecule has 1 aromatic carbocycles. The standard InChI is InChI=1S/C24H36FN3O2/c1-17(2)15-28-21(29)24(26-22(28)30,14-18-7-6-8-20(25)13-18)19-9-11-27(12-10-19)16-23(3,4)5/h6-8,13,17,19H,9-12,14-16H2,1-5H3,(H,26,30)/t24-/m0/s1. The van der Waals surface area contributed by atoms with E-state index < -0.39 is 5.54 Å². The predicted molar refractivity (Wildman–Crippen MR) is 117 cm³/mol. The van der Waals surface area contributed by atoms with Crippen LogP contribution in [-0.4, -0.2) is 53.5 Å². The quantitative estimate of drug-likeness (QED) is 0.710. The first-order chi connectivity index (χ1) is 14.0. The summed E-state index contributed by atoms with van der Waals surface area (Å²) in [5.41, 5.74) is -0.0299. The minimum absolute atomic E-state index is 0.0330. The largest absolute Gasteiger partial charge is 0.325 e. The molecule has 0 spiro atoms. The number of rotatable bonds is 6. The Labute approximate surface area is 180 Å². The summed E-state index contributed by atoms with van der Waals surface area (Å²) in [4.78, 5) is 30.2. The number of carbonyl (C=O) groups is 2. The molecule has 3 rings (SSSR count). The van der Waals surface area contributed by atoms with Gasteiger partial charge < -0.3 is 10.2 Å². The number of urea groups is 1. The molecular formula is C24H36FN3O2. The predicted octanol–water partition coefficient (Wildman–Crippen LogP) is 4.07. The summed E-state index contributed by atoms with van der Waals surface area (Å²) in [6.45, 7) is 13.9. The van der Waals surface area contributed by atoms with Gasteiger partial charge in [-0.15, -0.1) is 0 Å². The molecule has 0 unspecified atom stereocenters. The lowest BCUT2D eigenvalue weighted by molar-refractivity contribution is -0.134. The molecule has 2 saturated heterocycles. The summed E-state index contributed by atoms with van der Waals surface area (Å²) in [5.74, 6) is -0.248. The second-order valence-electron chi connectivity index (χ2n) is 10.6.